The lowest BCUT2D eigenvalue weighted by Gasteiger charge is -2.16. The fraction of sp³-hybridized carbons (Fsp3) is 0.571. The van der Waals surface area contributed by atoms with Gasteiger partial charge in [0.1, 0.15) is 5.75 Å². The van der Waals surface area contributed by atoms with Crippen LogP contribution in [0.5, 0.6) is 5.75 Å². The maximum Gasteiger partial charge on any atom is 0.119 e. The highest BCUT2D eigenvalue weighted by Crippen LogP contribution is 2.30. The van der Waals surface area contributed by atoms with Gasteiger partial charge in [0.2, 0.25) is 0 Å². The minimum absolute atomic E-state index is 0.521. The normalized spacial score (nSPS) is 20.4. The summed E-state index contributed by atoms with van der Waals surface area (Å²) in [6, 6.07) is 7.14. The minimum Gasteiger partial charge on any atom is -0.497 e. The van der Waals surface area contributed by atoms with Crippen molar-refractivity contribution < 1.29 is 4.74 Å². The lowest BCUT2D eigenvalue weighted by atomic mass is 9.96. The molecule has 2 nitrogen and oxygen atoms in total. The molecule has 1 aromatic rings. The highest BCUT2D eigenvalue weighted by Gasteiger charge is 2.17. The molecule has 16 heavy (non-hydrogen) atoms. The van der Waals surface area contributed by atoms with Gasteiger partial charge in [-0.1, -0.05) is 19.9 Å². The number of benzene rings is 1. The van der Waals surface area contributed by atoms with E-state index in [1.807, 2.05) is 0 Å². The summed E-state index contributed by atoms with van der Waals surface area (Å²) in [4.78, 5) is 0. The summed E-state index contributed by atoms with van der Waals surface area (Å²) in [5.41, 5.74) is 2.74. The van der Waals surface area contributed by atoms with Gasteiger partial charge in [-0.25, -0.2) is 0 Å². The number of hydrogen-bond donors (Lipinski definition) is 1. The Morgan fingerprint density at radius 2 is 2.12 bits per heavy atom. The number of rotatable bonds is 3. The van der Waals surface area contributed by atoms with E-state index < -0.39 is 0 Å². The molecule has 0 bridgehead atoms. The monoisotopic (exact) mass is 219 g/mol. The van der Waals surface area contributed by atoms with Crippen molar-refractivity contribution in [2.24, 2.45) is 0 Å². The molecule has 0 radical (unpaired) electrons. The predicted molar refractivity (Wildman–Crippen MR) is 67.1 cm³/mol. The topological polar surface area (TPSA) is 21.3 Å². The van der Waals surface area contributed by atoms with Crippen LogP contribution in [0.3, 0.4) is 0 Å². The zero-order valence-corrected chi connectivity index (χ0v) is 10.4. The van der Waals surface area contributed by atoms with Crippen LogP contribution in [0.25, 0.3) is 0 Å². The zero-order valence-electron chi connectivity index (χ0n) is 10.4. The Kier molecular flexibility index (Phi) is 3.49. The van der Waals surface area contributed by atoms with Crippen molar-refractivity contribution in [2.75, 3.05) is 13.7 Å². The first kappa shape index (κ1) is 11.5. The molecule has 1 N–H and O–H groups in total. The number of nitrogens with one attached hydrogen (secondary N) is 1. The third kappa shape index (κ3) is 2.38. The molecule has 1 unspecified atom stereocenters. The number of hydrogen-bond acceptors (Lipinski definition) is 2. The fourth-order valence-corrected chi connectivity index (χ4v) is 2.27. The molecule has 1 aromatic carbocycles. The molecular weight excluding hydrogens is 198 g/mol. The molecule has 0 amide bonds. The van der Waals surface area contributed by atoms with Gasteiger partial charge in [-0.15, -0.1) is 0 Å². The second-order valence-corrected chi connectivity index (χ2v) is 4.84. The Balaban J connectivity index is 2.32. The molecule has 88 valence electrons. The van der Waals surface area contributed by atoms with Crippen LogP contribution in [0.1, 0.15) is 49.8 Å². The standard InChI is InChI=1S/C14H21NO/c1-10(2)11-7-12(9-13(8-11)16-3)14-5-4-6-15-14/h7-10,14-15H,4-6H2,1-3H3. The average Bonchev–Trinajstić information content (AvgIpc) is 2.81. The third-order valence-electron chi connectivity index (χ3n) is 3.32. The quantitative estimate of drug-likeness (QED) is 0.842. The van der Waals surface area contributed by atoms with Crippen molar-refractivity contribution >= 4 is 0 Å². The van der Waals surface area contributed by atoms with Gasteiger partial charge in [0.15, 0.2) is 0 Å². The van der Waals surface area contributed by atoms with Crippen molar-refractivity contribution in [3.05, 3.63) is 29.3 Å². The van der Waals surface area contributed by atoms with Gasteiger partial charge in [0.25, 0.3) is 0 Å². The van der Waals surface area contributed by atoms with Gasteiger partial charge in [0, 0.05) is 6.04 Å². The van der Waals surface area contributed by atoms with Gasteiger partial charge in [-0.3, -0.25) is 0 Å². The molecule has 1 atom stereocenters. The van der Waals surface area contributed by atoms with E-state index >= 15 is 0 Å². The second kappa shape index (κ2) is 4.88. The fourth-order valence-electron chi connectivity index (χ4n) is 2.27. The zero-order chi connectivity index (χ0) is 11.5. The van der Waals surface area contributed by atoms with Crippen LogP contribution in [0.4, 0.5) is 0 Å². The highest BCUT2D eigenvalue weighted by atomic mass is 16.5. The average molecular weight is 219 g/mol. The van der Waals surface area contributed by atoms with Crippen molar-refractivity contribution in [2.45, 2.75) is 38.6 Å². The van der Waals surface area contributed by atoms with Gasteiger partial charge in [0.05, 0.1) is 7.11 Å². The summed E-state index contributed by atoms with van der Waals surface area (Å²) < 4.78 is 5.38. The van der Waals surface area contributed by atoms with Crippen LogP contribution in [-0.2, 0) is 0 Å². The molecule has 0 aromatic heterocycles. The first-order chi connectivity index (χ1) is 7.70. The van der Waals surface area contributed by atoms with Crippen LogP contribution in [-0.4, -0.2) is 13.7 Å². The van der Waals surface area contributed by atoms with Crippen molar-refractivity contribution in [3.8, 4) is 5.75 Å². The smallest absolute Gasteiger partial charge is 0.119 e. The molecule has 1 aliphatic rings. The van der Waals surface area contributed by atoms with E-state index in [1.165, 1.54) is 24.0 Å². The summed E-state index contributed by atoms with van der Waals surface area (Å²) in [5, 5.41) is 3.53. The first-order valence-electron chi connectivity index (χ1n) is 6.13. The Hall–Kier alpha value is -1.02. The van der Waals surface area contributed by atoms with Crippen LogP contribution in [0.15, 0.2) is 18.2 Å². The van der Waals surface area contributed by atoms with Crippen molar-refractivity contribution in [1.82, 2.24) is 5.32 Å². The van der Waals surface area contributed by atoms with Crippen LogP contribution < -0.4 is 10.1 Å². The molecule has 0 saturated carbocycles. The van der Waals surface area contributed by atoms with Crippen LogP contribution >= 0.6 is 0 Å². The maximum atomic E-state index is 5.38. The molecule has 1 saturated heterocycles. The van der Waals surface area contributed by atoms with Crippen LogP contribution in [0.2, 0.25) is 0 Å². The van der Waals surface area contributed by atoms with Gasteiger partial charge in [-0.05, 0) is 48.6 Å². The molecule has 0 spiro atoms. The van der Waals surface area contributed by atoms with E-state index in [4.69, 9.17) is 4.74 Å². The Bertz CT molecular complexity index is 354. The van der Waals surface area contributed by atoms with E-state index in [0.29, 0.717) is 12.0 Å². The van der Waals surface area contributed by atoms with E-state index in [0.717, 1.165) is 12.3 Å². The summed E-state index contributed by atoms with van der Waals surface area (Å²) >= 11 is 0. The number of methoxy groups -OCH3 is 1. The van der Waals surface area contributed by atoms with E-state index in [-0.39, 0.29) is 0 Å². The molecular formula is C14H21NO. The summed E-state index contributed by atoms with van der Waals surface area (Å²) in [7, 11) is 1.74. The third-order valence-corrected chi connectivity index (χ3v) is 3.32. The Labute approximate surface area is 98.0 Å². The highest BCUT2D eigenvalue weighted by molar-refractivity contribution is 5.37. The van der Waals surface area contributed by atoms with Crippen molar-refractivity contribution in [3.63, 3.8) is 0 Å². The largest absolute Gasteiger partial charge is 0.497 e. The molecule has 1 fully saturated rings. The Morgan fingerprint density at radius 3 is 2.69 bits per heavy atom. The molecule has 2 rings (SSSR count). The summed E-state index contributed by atoms with van der Waals surface area (Å²) in [6.45, 7) is 5.58. The summed E-state index contributed by atoms with van der Waals surface area (Å²) in [6.07, 6.45) is 2.52. The predicted octanol–water partition coefficient (Wildman–Crippen LogP) is 3.24. The van der Waals surface area contributed by atoms with E-state index in [1.54, 1.807) is 7.11 Å². The Morgan fingerprint density at radius 1 is 1.31 bits per heavy atom. The molecule has 2 heteroatoms. The minimum atomic E-state index is 0.521. The van der Waals surface area contributed by atoms with Crippen LogP contribution in [0, 0.1) is 0 Å². The van der Waals surface area contributed by atoms with E-state index in [9.17, 15) is 0 Å². The van der Waals surface area contributed by atoms with Gasteiger partial charge in [-0.2, -0.15) is 0 Å². The number of ether oxygens (including phenoxy) is 1. The lowest BCUT2D eigenvalue weighted by molar-refractivity contribution is 0.412. The second-order valence-electron chi connectivity index (χ2n) is 4.84. The molecule has 1 heterocycles. The van der Waals surface area contributed by atoms with E-state index in [2.05, 4.69) is 37.4 Å². The SMILES string of the molecule is COc1cc(C(C)C)cc(C2CCCN2)c1. The first-order valence-corrected chi connectivity index (χ1v) is 6.13. The molecule has 0 aliphatic carbocycles. The maximum absolute atomic E-state index is 5.38. The van der Waals surface area contributed by atoms with Crippen molar-refractivity contribution in [1.29, 1.82) is 0 Å². The van der Waals surface area contributed by atoms with Gasteiger partial charge < -0.3 is 10.1 Å². The lowest BCUT2D eigenvalue weighted by Crippen LogP contribution is -2.13. The summed E-state index contributed by atoms with van der Waals surface area (Å²) in [5.74, 6) is 1.53. The molecule has 1 aliphatic heterocycles. The van der Waals surface area contributed by atoms with Gasteiger partial charge >= 0.3 is 0 Å².